The second-order valence-corrected chi connectivity index (χ2v) is 6.02. The SMILES string of the molecule is CCOC1CCCN(CC2CC3CCC2N3)C1. The van der Waals surface area contributed by atoms with Gasteiger partial charge in [-0.1, -0.05) is 0 Å². The van der Waals surface area contributed by atoms with Crippen molar-refractivity contribution in [2.75, 3.05) is 26.2 Å². The highest BCUT2D eigenvalue weighted by Gasteiger charge is 2.39. The van der Waals surface area contributed by atoms with Crippen LogP contribution in [0.5, 0.6) is 0 Å². The number of piperidine rings is 1. The Labute approximate surface area is 105 Å². The Morgan fingerprint density at radius 2 is 2.24 bits per heavy atom. The molecule has 0 aromatic rings. The van der Waals surface area contributed by atoms with E-state index in [0.717, 1.165) is 24.6 Å². The molecule has 3 saturated heterocycles. The van der Waals surface area contributed by atoms with Crippen molar-refractivity contribution in [1.29, 1.82) is 0 Å². The van der Waals surface area contributed by atoms with Crippen LogP contribution in [-0.4, -0.2) is 49.3 Å². The van der Waals surface area contributed by atoms with Crippen LogP contribution in [0, 0.1) is 5.92 Å². The average Bonchev–Trinajstić information content (AvgIpc) is 2.92. The highest BCUT2D eigenvalue weighted by molar-refractivity contribution is 4.98. The van der Waals surface area contributed by atoms with E-state index >= 15 is 0 Å². The summed E-state index contributed by atoms with van der Waals surface area (Å²) in [5.74, 6) is 0.911. The highest BCUT2D eigenvalue weighted by Crippen LogP contribution is 2.34. The lowest BCUT2D eigenvalue weighted by molar-refractivity contribution is 0.000877. The van der Waals surface area contributed by atoms with Crippen molar-refractivity contribution < 1.29 is 4.74 Å². The Bertz CT molecular complexity index is 257. The van der Waals surface area contributed by atoms with E-state index in [1.54, 1.807) is 0 Å². The van der Waals surface area contributed by atoms with E-state index in [1.165, 1.54) is 51.7 Å². The monoisotopic (exact) mass is 238 g/mol. The van der Waals surface area contributed by atoms with Crippen molar-refractivity contribution in [3.8, 4) is 0 Å². The molecule has 4 unspecified atom stereocenters. The number of fused-ring (bicyclic) bond motifs is 2. The first kappa shape index (κ1) is 11.9. The van der Waals surface area contributed by atoms with Crippen molar-refractivity contribution >= 4 is 0 Å². The fourth-order valence-electron chi connectivity index (χ4n) is 4.02. The molecule has 0 aromatic heterocycles. The lowest BCUT2D eigenvalue weighted by Crippen LogP contribution is -2.43. The quantitative estimate of drug-likeness (QED) is 0.805. The molecule has 3 heteroatoms. The zero-order valence-electron chi connectivity index (χ0n) is 11.0. The van der Waals surface area contributed by atoms with Crippen molar-refractivity contribution in [2.45, 2.75) is 57.2 Å². The molecule has 3 heterocycles. The molecule has 3 aliphatic rings. The largest absolute Gasteiger partial charge is 0.377 e. The number of rotatable bonds is 4. The van der Waals surface area contributed by atoms with Gasteiger partial charge in [0.1, 0.15) is 0 Å². The molecule has 3 nitrogen and oxygen atoms in total. The molecule has 0 radical (unpaired) electrons. The van der Waals surface area contributed by atoms with Crippen molar-refractivity contribution in [3.63, 3.8) is 0 Å². The second kappa shape index (κ2) is 5.25. The Kier molecular flexibility index (Phi) is 3.69. The number of hydrogen-bond donors (Lipinski definition) is 1. The van der Waals surface area contributed by atoms with Crippen LogP contribution < -0.4 is 5.32 Å². The van der Waals surface area contributed by atoms with E-state index in [2.05, 4.69) is 17.1 Å². The van der Waals surface area contributed by atoms with Crippen molar-refractivity contribution in [1.82, 2.24) is 10.2 Å². The Hall–Kier alpha value is -0.120. The number of hydrogen-bond acceptors (Lipinski definition) is 3. The predicted molar refractivity (Wildman–Crippen MR) is 69.1 cm³/mol. The van der Waals surface area contributed by atoms with Crippen LogP contribution in [-0.2, 0) is 4.74 Å². The van der Waals surface area contributed by atoms with Crippen LogP contribution in [0.25, 0.3) is 0 Å². The van der Waals surface area contributed by atoms with Gasteiger partial charge in [0.15, 0.2) is 0 Å². The Morgan fingerprint density at radius 3 is 2.94 bits per heavy atom. The first-order valence-corrected chi connectivity index (χ1v) is 7.45. The summed E-state index contributed by atoms with van der Waals surface area (Å²) in [6, 6.07) is 1.67. The van der Waals surface area contributed by atoms with Gasteiger partial charge in [-0.2, -0.15) is 0 Å². The van der Waals surface area contributed by atoms with Gasteiger partial charge in [0.25, 0.3) is 0 Å². The molecular formula is C14H26N2O. The van der Waals surface area contributed by atoms with Gasteiger partial charge in [0, 0.05) is 31.8 Å². The minimum atomic E-state index is 0.500. The van der Waals surface area contributed by atoms with Gasteiger partial charge in [0.05, 0.1) is 6.10 Å². The molecule has 4 atom stereocenters. The van der Waals surface area contributed by atoms with Crippen molar-refractivity contribution in [3.05, 3.63) is 0 Å². The van der Waals surface area contributed by atoms with Crippen molar-refractivity contribution in [2.24, 2.45) is 5.92 Å². The van der Waals surface area contributed by atoms with Crippen LogP contribution in [0.15, 0.2) is 0 Å². The summed E-state index contributed by atoms with van der Waals surface area (Å²) in [5.41, 5.74) is 0. The zero-order valence-corrected chi connectivity index (χ0v) is 11.0. The summed E-state index contributed by atoms with van der Waals surface area (Å²) >= 11 is 0. The molecule has 0 aliphatic carbocycles. The van der Waals surface area contributed by atoms with Gasteiger partial charge in [0.2, 0.25) is 0 Å². The van der Waals surface area contributed by atoms with Gasteiger partial charge >= 0.3 is 0 Å². The second-order valence-electron chi connectivity index (χ2n) is 6.02. The van der Waals surface area contributed by atoms with Gasteiger partial charge in [-0.3, -0.25) is 0 Å². The van der Waals surface area contributed by atoms with E-state index < -0.39 is 0 Å². The molecule has 98 valence electrons. The number of likely N-dealkylation sites (tertiary alicyclic amines) is 1. The van der Waals surface area contributed by atoms with Crippen LogP contribution in [0.1, 0.15) is 39.0 Å². The van der Waals surface area contributed by atoms with Gasteiger partial charge in [-0.05, 0) is 51.5 Å². The minimum Gasteiger partial charge on any atom is -0.377 e. The topological polar surface area (TPSA) is 24.5 Å². The third kappa shape index (κ3) is 2.67. The summed E-state index contributed by atoms with van der Waals surface area (Å²) in [4.78, 5) is 2.65. The third-order valence-corrected chi connectivity index (χ3v) is 4.79. The predicted octanol–water partition coefficient (Wildman–Crippen LogP) is 1.63. The molecule has 0 spiro atoms. The average molecular weight is 238 g/mol. The first-order valence-electron chi connectivity index (χ1n) is 7.45. The maximum atomic E-state index is 5.78. The van der Waals surface area contributed by atoms with Gasteiger partial charge in [-0.15, -0.1) is 0 Å². The lowest BCUT2D eigenvalue weighted by Gasteiger charge is -2.35. The molecule has 3 aliphatic heterocycles. The Morgan fingerprint density at radius 1 is 1.29 bits per heavy atom. The van der Waals surface area contributed by atoms with E-state index in [1.807, 2.05) is 0 Å². The minimum absolute atomic E-state index is 0.500. The molecule has 0 aromatic carbocycles. The van der Waals surface area contributed by atoms with Gasteiger partial charge < -0.3 is 15.0 Å². The van der Waals surface area contributed by atoms with Crippen LogP contribution >= 0.6 is 0 Å². The molecule has 17 heavy (non-hydrogen) atoms. The highest BCUT2D eigenvalue weighted by atomic mass is 16.5. The van der Waals surface area contributed by atoms with E-state index in [9.17, 15) is 0 Å². The standard InChI is InChI=1S/C14H26N2O/c1-2-17-13-4-3-7-16(10-13)9-11-8-12-5-6-14(11)15-12/h11-15H,2-10H2,1H3. The zero-order chi connectivity index (χ0) is 11.7. The normalized spacial score (nSPS) is 42.2. The molecule has 0 amide bonds. The fraction of sp³-hybridized carbons (Fsp3) is 1.00. The summed E-state index contributed by atoms with van der Waals surface area (Å²) < 4.78 is 5.78. The molecule has 3 fully saturated rings. The summed E-state index contributed by atoms with van der Waals surface area (Å²) in [5, 5.41) is 3.75. The fourth-order valence-corrected chi connectivity index (χ4v) is 4.02. The number of nitrogens with one attached hydrogen (secondary N) is 1. The smallest absolute Gasteiger partial charge is 0.0702 e. The first-order chi connectivity index (χ1) is 8.35. The summed E-state index contributed by atoms with van der Waals surface area (Å²) in [7, 11) is 0. The Balaban J connectivity index is 1.48. The maximum absolute atomic E-state index is 5.78. The molecule has 2 bridgehead atoms. The third-order valence-electron chi connectivity index (χ3n) is 4.79. The molecule has 3 rings (SSSR count). The maximum Gasteiger partial charge on any atom is 0.0702 e. The molecule has 1 N–H and O–H groups in total. The summed E-state index contributed by atoms with van der Waals surface area (Å²) in [6.07, 6.45) is 7.33. The van der Waals surface area contributed by atoms with E-state index in [4.69, 9.17) is 4.74 Å². The lowest BCUT2D eigenvalue weighted by atomic mass is 9.88. The van der Waals surface area contributed by atoms with E-state index in [0.29, 0.717) is 6.10 Å². The number of nitrogens with zero attached hydrogens (tertiary/aromatic N) is 1. The number of ether oxygens (including phenoxy) is 1. The van der Waals surface area contributed by atoms with Crippen LogP contribution in [0.3, 0.4) is 0 Å². The van der Waals surface area contributed by atoms with Crippen LogP contribution in [0.4, 0.5) is 0 Å². The molecular weight excluding hydrogens is 212 g/mol. The summed E-state index contributed by atoms with van der Waals surface area (Å²) in [6.45, 7) is 6.74. The van der Waals surface area contributed by atoms with E-state index in [-0.39, 0.29) is 0 Å². The molecule has 0 saturated carbocycles. The van der Waals surface area contributed by atoms with Crippen LogP contribution in [0.2, 0.25) is 0 Å². The van der Waals surface area contributed by atoms with Gasteiger partial charge in [-0.25, -0.2) is 0 Å².